The van der Waals surface area contributed by atoms with Crippen LogP contribution in [-0.4, -0.2) is 28.9 Å². The molecule has 0 bridgehead atoms. The molecule has 0 unspecified atom stereocenters. The minimum atomic E-state index is -0.901. The number of aliphatic hydroxyl groups is 2. The molecule has 2 aliphatic rings. The lowest BCUT2D eigenvalue weighted by Gasteiger charge is -2.36. The maximum absolute atomic E-state index is 13.5. The van der Waals surface area contributed by atoms with Crippen molar-refractivity contribution in [2.75, 3.05) is 7.11 Å². The van der Waals surface area contributed by atoms with Crippen molar-refractivity contribution in [3.63, 3.8) is 0 Å². The van der Waals surface area contributed by atoms with Gasteiger partial charge in [0.15, 0.2) is 11.6 Å². The molecule has 0 amide bonds. The number of carbonyl (C=O) groups is 2. The fourth-order valence-corrected chi connectivity index (χ4v) is 5.65. The van der Waals surface area contributed by atoms with E-state index in [1.807, 2.05) is 33.8 Å². The Morgan fingerprint density at radius 2 is 1.37 bits per heavy atom. The van der Waals surface area contributed by atoms with E-state index in [0.717, 1.165) is 0 Å². The van der Waals surface area contributed by atoms with E-state index in [4.69, 9.17) is 21.1 Å². The number of aliphatic hydroxyl groups excluding tert-OH is 2. The molecule has 0 heterocycles. The summed E-state index contributed by atoms with van der Waals surface area (Å²) in [5.41, 5.74) is 0.841. The van der Waals surface area contributed by atoms with Gasteiger partial charge < -0.3 is 19.7 Å². The highest BCUT2D eigenvalue weighted by Gasteiger charge is 2.43. The first kappa shape index (κ1) is 27.8. The average Bonchev–Trinajstić information content (AvgIpc) is 2.80. The highest BCUT2D eigenvalue weighted by molar-refractivity contribution is 6.30. The van der Waals surface area contributed by atoms with Crippen LogP contribution in [0.5, 0.6) is 11.5 Å². The van der Waals surface area contributed by atoms with E-state index in [1.165, 1.54) is 0 Å². The number of methoxy groups -OCH3 is 1. The van der Waals surface area contributed by atoms with Gasteiger partial charge >= 0.3 is 0 Å². The van der Waals surface area contributed by atoms with Gasteiger partial charge in [-0.05, 0) is 52.8 Å². The van der Waals surface area contributed by atoms with Crippen LogP contribution in [-0.2, 0) is 16.2 Å². The van der Waals surface area contributed by atoms with Crippen molar-refractivity contribution < 1.29 is 29.3 Å². The van der Waals surface area contributed by atoms with E-state index in [9.17, 15) is 19.8 Å². The molecule has 0 aliphatic heterocycles. The molecule has 2 aromatic carbocycles. The van der Waals surface area contributed by atoms with E-state index >= 15 is 0 Å². The summed E-state index contributed by atoms with van der Waals surface area (Å²) in [7, 11) is 1.56. The number of ether oxygens (including phenoxy) is 2. The third kappa shape index (κ3) is 5.91. The normalized spacial score (nSPS) is 19.2. The minimum Gasteiger partial charge on any atom is -0.512 e. The molecular weight excluding hydrogens is 504 g/mol. The number of ketones is 2. The van der Waals surface area contributed by atoms with Crippen molar-refractivity contribution in [3.05, 3.63) is 81.3 Å². The molecule has 4 rings (SSSR count). The van der Waals surface area contributed by atoms with E-state index in [0.29, 0.717) is 40.5 Å². The molecule has 0 saturated heterocycles. The lowest BCUT2D eigenvalue weighted by atomic mass is 9.67. The van der Waals surface area contributed by atoms with Crippen molar-refractivity contribution in [2.45, 2.75) is 65.9 Å². The Kier molecular flexibility index (Phi) is 7.67. The van der Waals surface area contributed by atoms with Gasteiger partial charge in [-0.2, -0.15) is 0 Å². The minimum absolute atomic E-state index is 0.0380. The number of Topliss-reactive ketones (excluding diaryl/α,β-unsaturated/α-hetero) is 2. The van der Waals surface area contributed by atoms with Gasteiger partial charge in [0, 0.05) is 53.3 Å². The summed E-state index contributed by atoms with van der Waals surface area (Å²) in [5, 5.41) is 22.9. The second-order valence-corrected chi connectivity index (χ2v) is 12.3. The molecule has 2 aliphatic carbocycles. The first-order valence-corrected chi connectivity index (χ1v) is 13.1. The van der Waals surface area contributed by atoms with Gasteiger partial charge in [-0.15, -0.1) is 0 Å². The molecule has 2 N–H and O–H groups in total. The zero-order valence-electron chi connectivity index (χ0n) is 22.6. The van der Waals surface area contributed by atoms with Crippen molar-refractivity contribution in [2.24, 2.45) is 10.8 Å². The molecule has 7 heteroatoms. The summed E-state index contributed by atoms with van der Waals surface area (Å²) in [6.07, 6.45) is 1.08. The highest BCUT2D eigenvalue weighted by atomic mass is 35.5. The van der Waals surface area contributed by atoms with Gasteiger partial charge in [0.2, 0.25) is 0 Å². The number of halogens is 1. The van der Waals surface area contributed by atoms with Gasteiger partial charge in [0.25, 0.3) is 0 Å². The van der Waals surface area contributed by atoms with Crippen molar-refractivity contribution in [1.29, 1.82) is 0 Å². The molecule has 0 radical (unpaired) electrons. The summed E-state index contributed by atoms with van der Waals surface area (Å²) in [4.78, 5) is 26.9. The quantitative estimate of drug-likeness (QED) is 0.381. The number of allylic oxidation sites excluding steroid dienone is 4. The van der Waals surface area contributed by atoms with E-state index < -0.39 is 16.7 Å². The molecule has 6 nitrogen and oxygen atoms in total. The first-order chi connectivity index (χ1) is 17.8. The number of benzene rings is 2. The van der Waals surface area contributed by atoms with Crippen molar-refractivity contribution in [3.8, 4) is 11.5 Å². The topological polar surface area (TPSA) is 93.1 Å². The van der Waals surface area contributed by atoms with Crippen LogP contribution in [0, 0.1) is 10.8 Å². The zero-order chi connectivity index (χ0) is 27.8. The van der Waals surface area contributed by atoms with Crippen LogP contribution in [0.4, 0.5) is 0 Å². The Morgan fingerprint density at radius 1 is 0.842 bits per heavy atom. The Morgan fingerprint density at radius 3 is 1.84 bits per heavy atom. The SMILES string of the molecule is COc1ccc(C(C2=C(O)CC(C)(C)CC2=O)C2=C(O)CC(C)(C)CC2=O)cc1COc1ccc(Cl)cc1. The van der Waals surface area contributed by atoms with Gasteiger partial charge in [0.05, 0.1) is 7.11 Å². The molecule has 0 aromatic heterocycles. The van der Waals surface area contributed by atoms with Crippen LogP contribution < -0.4 is 9.47 Å². The van der Waals surface area contributed by atoms with Gasteiger partial charge in [0.1, 0.15) is 29.6 Å². The lowest BCUT2D eigenvalue weighted by Crippen LogP contribution is -2.33. The van der Waals surface area contributed by atoms with Crippen LogP contribution in [0.1, 0.15) is 70.4 Å². The third-order valence-electron chi connectivity index (χ3n) is 7.22. The maximum Gasteiger partial charge on any atom is 0.163 e. The van der Waals surface area contributed by atoms with E-state index in [2.05, 4.69) is 0 Å². The Bertz CT molecular complexity index is 1260. The van der Waals surface area contributed by atoms with Crippen LogP contribution in [0.2, 0.25) is 5.02 Å². The smallest absolute Gasteiger partial charge is 0.163 e. The number of rotatable bonds is 7. The van der Waals surface area contributed by atoms with E-state index in [1.54, 1.807) is 43.5 Å². The van der Waals surface area contributed by atoms with Crippen molar-refractivity contribution in [1.82, 2.24) is 0 Å². The number of carbonyl (C=O) groups excluding carboxylic acids is 2. The number of hydrogen-bond donors (Lipinski definition) is 2. The van der Waals surface area contributed by atoms with Gasteiger partial charge in [-0.1, -0.05) is 45.4 Å². The first-order valence-electron chi connectivity index (χ1n) is 12.8. The molecule has 202 valence electrons. The monoisotopic (exact) mass is 538 g/mol. The Labute approximate surface area is 228 Å². The van der Waals surface area contributed by atoms with Crippen LogP contribution >= 0.6 is 11.6 Å². The van der Waals surface area contributed by atoms with E-state index in [-0.39, 0.29) is 53.7 Å². The lowest BCUT2D eigenvalue weighted by molar-refractivity contribution is -0.119. The fraction of sp³-hybridized carbons (Fsp3) is 0.419. The predicted octanol–water partition coefficient (Wildman–Crippen LogP) is 7.41. The third-order valence-corrected chi connectivity index (χ3v) is 7.47. The second-order valence-electron chi connectivity index (χ2n) is 11.8. The average molecular weight is 539 g/mol. The molecular formula is C31H35ClO6. The number of hydrogen-bond acceptors (Lipinski definition) is 6. The van der Waals surface area contributed by atoms with Crippen LogP contribution in [0.25, 0.3) is 0 Å². The molecule has 38 heavy (non-hydrogen) atoms. The molecule has 0 saturated carbocycles. The summed E-state index contributed by atoms with van der Waals surface area (Å²) in [6, 6.07) is 12.3. The zero-order valence-corrected chi connectivity index (χ0v) is 23.3. The fourth-order valence-electron chi connectivity index (χ4n) is 5.52. The molecule has 2 aromatic rings. The molecule has 0 spiro atoms. The van der Waals surface area contributed by atoms with Crippen molar-refractivity contribution >= 4 is 23.2 Å². The summed E-state index contributed by atoms with van der Waals surface area (Å²) < 4.78 is 11.5. The summed E-state index contributed by atoms with van der Waals surface area (Å²) in [5.74, 6) is -0.234. The maximum atomic E-state index is 13.5. The standard InChI is InChI=1S/C31H35ClO6/c1-30(2)13-22(33)28(23(34)14-30)27(29-24(35)15-31(3,4)16-25(29)36)18-6-11-26(37-5)19(12-18)17-38-21-9-7-20(32)8-10-21/h6-12,27,33,35H,13-17H2,1-5H3. The van der Waals surface area contributed by atoms with Gasteiger partial charge in [-0.25, -0.2) is 0 Å². The predicted molar refractivity (Wildman–Crippen MR) is 147 cm³/mol. The Hall–Kier alpha value is -3.25. The molecule has 0 atom stereocenters. The van der Waals surface area contributed by atoms with Crippen LogP contribution in [0.15, 0.2) is 65.1 Å². The highest BCUT2D eigenvalue weighted by Crippen LogP contribution is 2.48. The second kappa shape index (κ2) is 10.5. The molecule has 0 fully saturated rings. The van der Waals surface area contributed by atoms with Gasteiger partial charge in [-0.3, -0.25) is 9.59 Å². The Balaban J connectivity index is 1.83. The largest absolute Gasteiger partial charge is 0.512 e. The summed E-state index contributed by atoms with van der Waals surface area (Å²) in [6.45, 7) is 7.87. The van der Waals surface area contributed by atoms with Crippen LogP contribution in [0.3, 0.4) is 0 Å². The summed E-state index contributed by atoms with van der Waals surface area (Å²) >= 11 is 5.98.